The number of hydrogen-bond donors (Lipinski definition) is 0. The molecule has 233 valence electrons. The molecule has 0 N–H and O–H groups in total. The second kappa shape index (κ2) is 13.1. The summed E-state index contributed by atoms with van der Waals surface area (Å²) >= 11 is 0. The van der Waals surface area contributed by atoms with Crippen molar-refractivity contribution in [2.45, 2.75) is 0 Å². The molecule has 49 heavy (non-hydrogen) atoms. The minimum absolute atomic E-state index is 0. The number of hydrogen-bond acceptors (Lipinski definition) is 2. The Morgan fingerprint density at radius 2 is 0.959 bits per heavy atom. The molecule has 0 fully saturated rings. The summed E-state index contributed by atoms with van der Waals surface area (Å²) in [4.78, 5) is 9.04. The van der Waals surface area contributed by atoms with E-state index in [0.29, 0.717) is 0 Å². The summed E-state index contributed by atoms with van der Waals surface area (Å²) in [6, 6.07) is 61.9. The Hall–Kier alpha value is -5.73. The van der Waals surface area contributed by atoms with E-state index in [4.69, 9.17) is 4.98 Å². The van der Waals surface area contributed by atoms with Crippen LogP contribution in [0.25, 0.3) is 87.1 Å². The third kappa shape index (κ3) is 5.54. The van der Waals surface area contributed by atoms with E-state index in [9.17, 15) is 0 Å². The maximum atomic E-state index is 4.83. The van der Waals surface area contributed by atoms with E-state index in [2.05, 4.69) is 132 Å². The quantitative estimate of drug-likeness (QED) is 0.129. The molecule has 2 aromatic heterocycles. The van der Waals surface area contributed by atoms with Crippen LogP contribution in [0.5, 0.6) is 0 Å². The molecule has 3 heteroatoms. The van der Waals surface area contributed by atoms with Gasteiger partial charge in [0.2, 0.25) is 0 Å². The molecule has 0 saturated carbocycles. The van der Waals surface area contributed by atoms with E-state index in [-0.39, 0.29) is 20.1 Å². The molecule has 0 saturated heterocycles. The molecular weight excluding hydrogens is 773 g/mol. The SMILES string of the molecule is [Ir].[c-]1cc2c(ccc3c4ccccc4ccc23)cc1-c1nccc2c1ccc1c3ccccc3ccc21.[c-]1ccccc1-c1ccccn1. The van der Waals surface area contributed by atoms with Gasteiger partial charge in [-0.1, -0.05) is 120 Å². The van der Waals surface area contributed by atoms with Gasteiger partial charge >= 0.3 is 0 Å². The van der Waals surface area contributed by atoms with E-state index in [1.54, 1.807) is 6.20 Å². The fourth-order valence-electron chi connectivity index (χ4n) is 6.94. The van der Waals surface area contributed by atoms with Gasteiger partial charge in [-0.15, -0.1) is 65.0 Å². The maximum Gasteiger partial charge on any atom is 0.0167 e. The largest absolute Gasteiger partial charge is 0.305 e. The van der Waals surface area contributed by atoms with Crippen LogP contribution < -0.4 is 0 Å². The van der Waals surface area contributed by atoms with E-state index >= 15 is 0 Å². The number of aromatic nitrogens is 2. The summed E-state index contributed by atoms with van der Waals surface area (Å²) in [7, 11) is 0. The second-order valence-corrected chi connectivity index (χ2v) is 12.0. The molecule has 0 aliphatic carbocycles. The first kappa shape index (κ1) is 30.6. The van der Waals surface area contributed by atoms with Crippen molar-refractivity contribution in [3.05, 3.63) is 182 Å². The molecule has 8 aromatic carbocycles. The number of pyridine rings is 2. The molecule has 0 aliphatic heterocycles. The third-order valence-electron chi connectivity index (χ3n) is 9.25. The zero-order valence-electron chi connectivity index (χ0n) is 26.4. The minimum atomic E-state index is 0. The molecule has 0 unspecified atom stereocenters. The Morgan fingerprint density at radius 3 is 1.65 bits per heavy atom. The number of nitrogens with zero attached hydrogens (tertiary/aromatic N) is 2. The Bertz CT molecular complexity index is 2740. The molecule has 0 bridgehead atoms. The summed E-state index contributed by atoms with van der Waals surface area (Å²) in [6.45, 7) is 0. The van der Waals surface area contributed by atoms with Crippen molar-refractivity contribution < 1.29 is 20.1 Å². The molecule has 0 spiro atoms. The van der Waals surface area contributed by atoms with Crippen LogP contribution in [0, 0.1) is 12.1 Å². The zero-order valence-corrected chi connectivity index (χ0v) is 28.8. The Kier molecular flexibility index (Phi) is 8.15. The van der Waals surface area contributed by atoms with E-state index in [1.807, 2.05) is 48.7 Å². The number of benzene rings is 8. The zero-order chi connectivity index (χ0) is 31.9. The average molecular weight is 801 g/mol. The van der Waals surface area contributed by atoms with Crippen LogP contribution in [0.3, 0.4) is 0 Å². The summed E-state index contributed by atoms with van der Waals surface area (Å²) in [5.41, 5.74) is 4.01. The van der Waals surface area contributed by atoms with Crippen molar-refractivity contribution in [2.75, 3.05) is 0 Å². The molecule has 10 aromatic rings. The van der Waals surface area contributed by atoms with E-state index < -0.39 is 0 Å². The van der Waals surface area contributed by atoms with Gasteiger partial charge in [0.05, 0.1) is 0 Å². The van der Waals surface area contributed by atoms with E-state index in [0.717, 1.165) is 27.9 Å². The monoisotopic (exact) mass is 801 g/mol. The van der Waals surface area contributed by atoms with Crippen LogP contribution in [0.15, 0.2) is 170 Å². The van der Waals surface area contributed by atoms with Crippen LogP contribution in [-0.2, 0) is 20.1 Å². The van der Waals surface area contributed by atoms with Crippen LogP contribution in [0.2, 0.25) is 0 Å². The first-order valence-electron chi connectivity index (χ1n) is 16.2. The van der Waals surface area contributed by atoms with Gasteiger partial charge in [0.15, 0.2) is 0 Å². The normalized spacial score (nSPS) is 11.1. The average Bonchev–Trinajstić information content (AvgIpc) is 3.18. The standard InChI is InChI=1S/C35H20N.C11H8N.Ir/c1-3-7-26-22(5-1)9-14-30-28-13-12-25(21-24(28)11-16-29(26)30)35-34-18-17-31-27-8-4-2-6-23(27)10-15-32(31)33(34)19-20-36-35;1-2-6-10(7-3-1)11-8-4-5-9-12-11;/h1-11,13-21H;1-6,8-9H;/q2*-1;. The van der Waals surface area contributed by atoms with Crippen molar-refractivity contribution in [1.82, 2.24) is 9.97 Å². The topological polar surface area (TPSA) is 25.8 Å². The first-order valence-corrected chi connectivity index (χ1v) is 16.2. The summed E-state index contributed by atoms with van der Waals surface area (Å²) < 4.78 is 0. The predicted molar refractivity (Wildman–Crippen MR) is 202 cm³/mol. The molecule has 2 heterocycles. The molecule has 0 amide bonds. The van der Waals surface area contributed by atoms with Gasteiger partial charge < -0.3 is 9.97 Å². The summed E-state index contributed by atoms with van der Waals surface area (Å²) in [6.07, 6.45) is 3.72. The predicted octanol–water partition coefficient (Wildman–Crippen LogP) is 12.0. The Labute approximate surface area is 298 Å². The molecule has 10 rings (SSSR count). The third-order valence-corrected chi connectivity index (χ3v) is 9.25. The van der Waals surface area contributed by atoms with Gasteiger partial charge in [-0.2, -0.15) is 0 Å². The van der Waals surface area contributed by atoms with Gasteiger partial charge in [-0.3, -0.25) is 0 Å². The molecule has 1 radical (unpaired) electrons. The second-order valence-electron chi connectivity index (χ2n) is 12.0. The molecule has 2 nitrogen and oxygen atoms in total. The van der Waals surface area contributed by atoms with Crippen molar-refractivity contribution in [3.63, 3.8) is 0 Å². The fourth-order valence-corrected chi connectivity index (χ4v) is 6.94. The van der Waals surface area contributed by atoms with Gasteiger partial charge in [0, 0.05) is 32.5 Å². The maximum absolute atomic E-state index is 4.83. The molecule has 0 atom stereocenters. The van der Waals surface area contributed by atoms with Crippen molar-refractivity contribution in [3.8, 4) is 22.5 Å². The van der Waals surface area contributed by atoms with Gasteiger partial charge in [0.1, 0.15) is 0 Å². The summed E-state index contributed by atoms with van der Waals surface area (Å²) in [5, 5.41) is 15.0. The Balaban J connectivity index is 0.000000228. The molecular formula is C46H28IrN2-2. The Morgan fingerprint density at radius 1 is 0.367 bits per heavy atom. The van der Waals surface area contributed by atoms with Gasteiger partial charge in [0.25, 0.3) is 0 Å². The minimum Gasteiger partial charge on any atom is -0.305 e. The van der Waals surface area contributed by atoms with Crippen LogP contribution in [-0.4, -0.2) is 9.97 Å². The van der Waals surface area contributed by atoms with Crippen LogP contribution >= 0.6 is 0 Å². The van der Waals surface area contributed by atoms with Gasteiger partial charge in [-0.25, -0.2) is 0 Å². The first-order chi connectivity index (χ1) is 23.8. The number of fused-ring (bicyclic) bond motifs is 10. The fraction of sp³-hybridized carbons (Fsp3) is 0. The van der Waals surface area contributed by atoms with Crippen molar-refractivity contribution in [2.24, 2.45) is 0 Å². The van der Waals surface area contributed by atoms with Crippen molar-refractivity contribution in [1.29, 1.82) is 0 Å². The van der Waals surface area contributed by atoms with Crippen LogP contribution in [0.1, 0.15) is 0 Å². The smallest absolute Gasteiger partial charge is 0.0167 e. The van der Waals surface area contributed by atoms with Crippen molar-refractivity contribution >= 4 is 64.6 Å². The van der Waals surface area contributed by atoms with Gasteiger partial charge in [-0.05, 0) is 72.0 Å². The number of rotatable bonds is 2. The summed E-state index contributed by atoms with van der Waals surface area (Å²) in [5.74, 6) is 0. The molecule has 0 aliphatic rings. The van der Waals surface area contributed by atoms with E-state index in [1.165, 1.54) is 59.2 Å². The van der Waals surface area contributed by atoms with Crippen LogP contribution in [0.4, 0.5) is 0 Å².